The van der Waals surface area contributed by atoms with E-state index in [1.807, 2.05) is 0 Å². The predicted molar refractivity (Wildman–Crippen MR) is 30.6 cm³/mol. The Balaban J connectivity index is 2.59. The summed E-state index contributed by atoms with van der Waals surface area (Å²) in [5.74, 6) is 0. The SMILES string of the molecule is [NH2+]=C1CCC1(Cl)Cl. The van der Waals surface area contributed by atoms with Crippen molar-refractivity contribution < 1.29 is 5.41 Å². The van der Waals surface area contributed by atoms with E-state index >= 15 is 0 Å². The van der Waals surface area contributed by atoms with Gasteiger partial charge in [0.1, 0.15) is 0 Å². The van der Waals surface area contributed by atoms with Gasteiger partial charge in [0.25, 0.3) is 0 Å². The monoisotopic (exact) mass is 138 g/mol. The molecule has 1 rings (SSSR count). The molecule has 0 amide bonds. The minimum Gasteiger partial charge on any atom is -0.259 e. The van der Waals surface area contributed by atoms with E-state index in [9.17, 15) is 0 Å². The summed E-state index contributed by atoms with van der Waals surface area (Å²) in [5.41, 5.74) is 0.704. The lowest BCUT2D eigenvalue weighted by atomic mass is 9.96. The molecular formula is C4H6Cl2N+. The molecular weight excluding hydrogens is 133 g/mol. The molecule has 0 bridgehead atoms. The molecule has 1 saturated carbocycles. The topological polar surface area (TPSA) is 25.6 Å². The summed E-state index contributed by atoms with van der Waals surface area (Å²) >= 11 is 11.1. The minimum atomic E-state index is -0.681. The molecule has 1 nitrogen and oxygen atoms in total. The summed E-state index contributed by atoms with van der Waals surface area (Å²) in [5, 5.41) is 5.31. The molecule has 40 valence electrons. The number of hydrogen-bond donors (Lipinski definition) is 1. The largest absolute Gasteiger partial charge is 0.259 e. The van der Waals surface area contributed by atoms with Gasteiger partial charge in [0.15, 0.2) is 10.0 Å². The van der Waals surface area contributed by atoms with Gasteiger partial charge in [-0.15, -0.1) is 0 Å². The van der Waals surface area contributed by atoms with Crippen molar-refractivity contribution in [1.29, 1.82) is 0 Å². The first-order chi connectivity index (χ1) is 3.13. The van der Waals surface area contributed by atoms with Gasteiger partial charge < -0.3 is 0 Å². The smallest absolute Gasteiger partial charge is 0.197 e. The van der Waals surface area contributed by atoms with Crippen molar-refractivity contribution >= 4 is 28.9 Å². The van der Waals surface area contributed by atoms with Gasteiger partial charge in [-0.3, -0.25) is 5.41 Å². The number of rotatable bonds is 0. The Morgan fingerprint density at radius 3 is 2.00 bits per heavy atom. The van der Waals surface area contributed by atoms with Crippen molar-refractivity contribution in [3.63, 3.8) is 0 Å². The lowest BCUT2D eigenvalue weighted by molar-refractivity contribution is -0.124. The summed E-state index contributed by atoms with van der Waals surface area (Å²) in [6.07, 6.45) is 1.69. The molecule has 0 heterocycles. The molecule has 1 aliphatic carbocycles. The van der Waals surface area contributed by atoms with Gasteiger partial charge >= 0.3 is 0 Å². The van der Waals surface area contributed by atoms with Crippen LogP contribution in [0.3, 0.4) is 0 Å². The Bertz CT molecular complexity index is 108. The summed E-state index contributed by atoms with van der Waals surface area (Å²) in [6.45, 7) is 0. The quantitative estimate of drug-likeness (QED) is 0.462. The van der Waals surface area contributed by atoms with Crippen molar-refractivity contribution in [3.8, 4) is 0 Å². The molecule has 0 aromatic heterocycles. The first-order valence-corrected chi connectivity index (χ1v) is 2.88. The van der Waals surface area contributed by atoms with Crippen molar-refractivity contribution in [1.82, 2.24) is 0 Å². The standard InChI is InChI=1S/C4H5Cl2N/c5-4(6)2-1-3(4)7/h7H,1-2H2/p+1. The average molecular weight is 139 g/mol. The highest BCUT2D eigenvalue weighted by molar-refractivity contribution is 6.60. The Labute approximate surface area is 52.1 Å². The molecule has 0 unspecified atom stereocenters. The molecule has 2 N–H and O–H groups in total. The Morgan fingerprint density at radius 2 is 2.00 bits per heavy atom. The van der Waals surface area contributed by atoms with Crippen molar-refractivity contribution in [2.75, 3.05) is 0 Å². The van der Waals surface area contributed by atoms with E-state index in [0.717, 1.165) is 12.8 Å². The van der Waals surface area contributed by atoms with Crippen molar-refractivity contribution in [3.05, 3.63) is 0 Å². The predicted octanol–water partition coefficient (Wildman–Crippen LogP) is 0.154. The fourth-order valence-electron chi connectivity index (χ4n) is 0.458. The van der Waals surface area contributed by atoms with Gasteiger partial charge in [0, 0.05) is 6.42 Å². The van der Waals surface area contributed by atoms with E-state index in [-0.39, 0.29) is 0 Å². The first kappa shape index (κ1) is 5.39. The summed E-state index contributed by atoms with van der Waals surface area (Å²) in [4.78, 5) is 0. The van der Waals surface area contributed by atoms with Crippen LogP contribution in [0.5, 0.6) is 0 Å². The molecule has 7 heavy (non-hydrogen) atoms. The van der Waals surface area contributed by atoms with Gasteiger partial charge in [-0.25, -0.2) is 0 Å². The molecule has 0 radical (unpaired) electrons. The van der Waals surface area contributed by atoms with Crippen LogP contribution >= 0.6 is 23.2 Å². The molecule has 0 aromatic rings. The van der Waals surface area contributed by atoms with Gasteiger partial charge in [-0.2, -0.15) is 0 Å². The molecule has 0 saturated heterocycles. The fraction of sp³-hybridized carbons (Fsp3) is 0.750. The maximum Gasteiger partial charge on any atom is 0.197 e. The zero-order chi connectivity index (χ0) is 5.49. The second kappa shape index (κ2) is 1.36. The van der Waals surface area contributed by atoms with Crippen LogP contribution in [0.15, 0.2) is 0 Å². The average Bonchev–Trinajstić information content (AvgIpc) is 1.63. The van der Waals surface area contributed by atoms with E-state index in [2.05, 4.69) is 0 Å². The zero-order valence-electron chi connectivity index (χ0n) is 3.75. The van der Waals surface area contributed by atoms with Crippen LogP contribution < -0.4 is 5.41 Å². The highest BCUT2D eigenvalue weighted by Crippen LogP contribution is 2.36. The summed E-state index contributed by atoms with van der Waals surface area (Å²) in [7, 11) is 0. The lowest BCUT2D eigenvalue weighted by Gasteiger charge is -2.24. The molecule has 0 aliphatic heterocycles. The van der Waals surface area contributed by atoms with Gasteiger partial charge in [0.05, 0.1) is 0 Å². The van der Waals surface area contributed by atoms with Crippen molar-refractivity contribution in [2.45, 2.75) is 17.2 Å². The van der Waals surface area contributed by atoms with Crippen LogP contribution in [0, 0.1) is 0 Å². The van der Waals surface area contributed by atoms with Crippen molar-refractivity contribution in [2.24, 2.45) is 0 Å². The van der Waals surface area contributed by atoms with Crippen LogP contribution in [0.25, 0.3) is 0 Å². The number of nitrogens with two attached hydrogens (primary N) is 1. The van der Waals surface area contributed by atoms with Gasteiger partial charge in [0.2, 0.25) is 0 Å². The Hall–Kier alpha value is 0.250. The van der Waals surface area contributed by atoms with E-state index in [0.29, 0.717) is 5.71 Å². The van der Waals surface area contributed by atoms with E-state index < -0.39 is 4.33 Å². The normalized spacial score (nSPS) is 26.9. The first-order valence-electron chi connectivity index (χ1n) is 2.12. The Morgan fingerprint density at radius 1 is 1.57 bits per heavy atom. The maximum absolute atomic E-state index is 5.56. The van der Waals surface area contributed by atoms with Crippen LogP contribution in [0.2, 0.25) is 0 Å². The summed E-state index contributed by atoms with van der Waals surface area (Å²) in [6, 6.07) is 0. The van der Waals surface area contributed by atoms with E-state index in [4.69, 9.17) is 28.6 Å². The number of alkyl halides is 2. The lowest BCUT2D eigenvalue weighted by Crippen LogP contribution is -2.56. The molecule has 0 spiro atoms. The molecule has 0 aromatic carbocycles. The van der Waals surface area contributed by atoms with E-state index in [1.165, 1.54) is 0 Å². The highest BCUT2D eigenvalue weighted by Gasteiger charge is 2.43. The second-order valence-corrected chi connectivity index (χ2v) is 3.21. The van der Waals surface area contributed by atoms with Gasteiger partial charge in [-0.05, 0) is 6.42 Å². The molecule has 1 aliphatic rings. The van der Waals surface area contributed by atoms with Gasteiger partial charge in [-0.1, -0.05) is 23.2 Å². The Kier molecular flexibility index (Phi) is 1.05. The highest BCUT2D eigenvalue weighted by atomic mass is 35.5. The molecule has 0 atom stereocenters. The third-order valence-electron chi connectivity index (χ3n) is 1.18. The van der Waals surface area contributed by atoms with Crippen LogP contribution in [0.4, 0.5) is 0 Å². The van der Waals surface area contributed by atoms with Crippen LogP contribution in [-0.2, 0) is 0 Å². The number of halogens is 2. The summed E-state index contributed by atoms with van der Waals surface area (Å²) < 4.78 is -0.681. The number of hydrogen-bond acceptors (Lipinski definition) is 0. The fourth-order valence-corrected chi connectivity index (χ4v) is 0.836. The molecule has 3 heteroatoms. The minimum absolute atomic E-state index is 0.681. The third-order valence-corrected chi connectivity index (χ3v) is 2.04. The third kappa shape index (κ3) is 0.752. The maximum atomic E-state index is 5.56. The molecule has 1 fully saturated rings. The second-order valence-electron chi connectivity index (χ2n) is 1.73. The van der Waals surface area contributed by atoms with E-state index in [1.54, 1.807) is 0 Å². The zero-order valence-corrected chi connectivity index (χ0v) is 5.26. The van der Waals surface area contributed by atoms with Crippen LogP contribution in [-0.4, -0.2) is 10.0 Å². The van der Waals surface area contributed by atoms with Crippen LogP contribution in [0.1, 0.15) is 12.8 Å².